The van der Waals surface area contributed by atoms with Gasteiger partial charge in [0.15, 0.2) is 0 Å². The maximum Gasteiger partial charge on any atom is 0.239 e. The zero-order valence-electron chi connectivity index (χ0n) is 15.0. The van der Waals surface area contributed by atoms with Crippen molar-refractivity contribution >= 4 is 11.8 Å². The zero-order chi connectivity index (χ0) is 17.6. The molecule has 5 nitrogen and oxygen atoms in total. The van der Waals surface area contributed by atoms with Gasteiger partial charge in [-0.05, 0) is 31.5 Å². The average Bonchev–Trinajstić information content (AvgIpc) is 3.07. The van der Waals surface area contributed by atoms with Gasteiger partial charge >= 0.3 is 0 Å². The number of carbonyl (C=O) groups is 2. The summed E-state index contributed by atoms with van der Waals surface area (Å²) in [6.07, 6.45) is 2.41. The molecule has 24 heavy (non-hydrogen) atoms. The van der Waals surface area contributed by atoms with E-state index in [4.69, 9.17) is 0 Å². The zero-order valence-corrected chi connectivity index (χ0v) is 15.0. The van der Waals surface area contributed by atoms with Gasteiger partial charge < -0.3 is 10.6 Å². The van der Waals surface area contributed by atoms with Crippen molar-refractivity contribution in [2.24, 2.45) is 5.41 Å². The summed E-state index contributed by atoms with van der Waals surface area (Å²) < 4.78 is 0. The first kappa shape index (κ1) is 18.5. The largest absolute Gasteiger partial charge is 0.353 e. The van der Waals surface area contributed by atoms with E-state index in [1.54, 1.807) is 0 Å². The summed E-state index contributed by atoms with van der Waals surface area (Å²) in [5.41, 5.74) is 0.737. The van der Waals surface area contributed by atoms with Crippen LogP contribution in [0.4, 0.5) is 0 Å². The molecule has 132 valence electrons. The first-order chi connectivity index (χ1) is 11.4. The van der Waals surface area contributed by atoms with E-state index in [0.717, 1.165) is 13.1 Å². The van der Waals surface area contributed by atoms with E-state index in [1.165, 1.54) is 18.4 Å². The molecule has 0 unspecified atom stereocenters. The predicted molar refractivity (Wildman–Crippen MR) is 95.5 cm³/mol. The summed E-state index contributed by atoms with van der Waals surface area (Å²) in [5, 5.41) is 5.66. The van der Waals surface area contributed by atoms with Gasteiger partial charge in [0.25, 0.3) is 0 Å². The molecule has 1 aliphatic rings. The van der Waals surface area contributed by atoms with Gasteiger partial charge in [0.05, 0.1) is 12.6 Å². The summed E-state index contributed by atoms with van der Waals surface area (Å²) in [6.45, 7) is 8.22. The maximum atomic E-state index is 12.1. The Kier molecular flexibility index (Phi) is 6.37. The van der Waals surface area contributed by atoms with Gasteiger partial charge in [-0.1, -0.05) is 51.1 Å². The molecule has 1 aromatic rings. The number of carbonyl (C=O) groups excluding carboxylic acids is 2. The standard InChI is InChI=1S/C19H29N3O2/c1-19(2,3)18(24)21-14-17(23)20-13-16(22-11-7-8-12-22)15-9-5-4-6-10-15/h4-6,9-10,16H,7-8,11-14H2,1-3H3,(H,20,23)(H,21,24)/t16-/m0/s1. The highest BCUT2D eigenvalue weighted by Gasteiger charge is 2.24. The maximum absolute atomic E-state index is 12.1. The molecule has 1 aromatic carbocycles. The molecule has 1 atom stereocenters. The fourth-order valence-electron chi connectivity index (χ4n) is 2.88. The van der Waals surface area contributed by atoms with Crippen LogP contribution >= 0.6 is 0 Å². The molecule has 1 fully saturated rings. The summed E-state index contributed by atoms with van der Waals surface area (Å²) >= 11 is 0. The summed E-state index contributed by atoms with van der Waals surface area (Å²) in [6, 6.07) is 10.5. The lowest BCUT2D eigenvalue weighted by Crippen LogP contribution is -2.44. The van der Waals surface area contributed by atoms with Crippen LogP contribution in [-0.2, 0) is 9.59 Å². The number of nitrogens with one attached hydrogen (secondary N) is 2. The second kappa shape index (κ2) is 8.29. The monoisotopic (exact) mass is 331 g/mol. The Labute approximate surface area is 144 Å². The van der Waals surface area contributed by atoms with Gasteiger partial charge in [-0.15, -0.1) is 0 Å². The van der Waals surface area contributed by atoms with Gasteiger partial charge in [-0.3, -0.25) is 14.5 Å². The Hall–Kier alpha value is -1.88. The second-order valence-corrected chi connectivity index (χ2v) is 7.41. The molecular weight excluding hydrogens is 302 g/mol. The Morgan fingerprint density at radius 1 is 1.08 bits per heavy atom. The highest BCUT2D eigenvalue weighted by molar-refractivity contribution is 5.87. The molecule has 0 aromatic heterocycles. The summed E-state index contributed by atoms with van der Waals surface area (Å²) in [5.74, 6) is -0.260. The van der Waals surface area contributed by atoms with Gasteiger partial charge in [0.1, 0.15) is 0 Å². The van der Waals surface area contributed by atoms with E-state index >= 15 is 0 Å². The third-order valence-electron chi connectivity index (χ3n) is 4.35. The highest BCUT2D eigenvalue weighted by Crippen LogP contribution is 2.24. The number of rotatable bonds is 6. The smallest absolute Gasteiger partial charge is 0.239 e. The van der Waals surface area contributed by atoms with E-state index in [-0.39, 0.29) is 24.4 Å². The molecule has 0 saturated carbocycles. The third kappa shape index (κ3) is 5.34. The van der Waals surface area contributed by atoms with Crippen LogP contribution in [0, 0.1) is 5.41 Å². The molecule has 1 aliphatic heterocycles. The number of hydrogen-bond donors (Lipinski definition) is 2. The predicted octanol–water partition coefficient (Wildman–Crippen LogP) is 2.10. The van der Waals surface area contributed by atoms with Crippen molar-refractivity contribution < 1.29 is 9.59 Å². The van der Waals surface area contributed by atoms with Crippen LogP contribution in [0.1, 0.15) is 45.2 Å². The normalized spacial score (nSPS) is 16.6. The molecule has 1 saturated heterocycles. The Morgan fingerprint density at radius 2 is 1.71 bits per heavy atom. The van der Waals surface area contributed by atoms with E-state index in [0.29, 0.717) is 6.54 Å². The number of benzene rings is 1. The summed E-state index contributed by atoms with van der Waals surface area (Å²) in [7, 11) is 0. The summed E-state index contributed by atoms with van der Waals surface area (Å²) in [4.78, 5) is 26.3. The lowest BCUT2D eigenvalue weighted by atomic mass is 9.96. The molecule has 1 heterocycles. The van der Waals surface area contributed by atoms with Crippen molar-refractivity contribution in [2.75, 3.05) is 26.2 Å². The number of likely N-dealkylation sites (tertiary alicyclic amines) is 1. The van der Waals surface area contributed by atoms with Crippen molar-refractivity contribution in [3.63, 3.8) is 0 Å². The molecule has 2 N–H and O–H groups in total. The number of hydrogen-bond acceptors (Lipinski definition) is 3. The van der Waals surface area contributed by atoms with Crippen LogP contribution in [0.3, 0.4) is 0 Å². The topological polar surface area (TPSA) is 61.4 Å². The Bertz CT molecular complexity index is 545. The van der Waals surface area contributed by atoms with Crippen molar-refractivity contribution in [2.45, 2.75) is 39.7 Å². The Morgan fingerprint density at radius 3 is 2.29 bits per heavy atom. The minimum absolute atomic E-state index is 0.0254. The SMILES string of the molecule is CC(C)(C)C(=O)NCC(=O)NC[C@@H](c1ccccc1)N1CCCC1. The fraction of sp³-hybridized carbons (Fsp3) is 0.579. The molecule has 2 amide bonds. The van der Waals surface area contributed by atoms with Crippen molar-refractivity contribution in [1.82, 2.24) is 15.5 Å². The molecule has 0 spiro atoms. The van der Waals surface area contributed by atoms with E-state index in [1.807, 2.05) is 39.0 Å². The lowest BCUT2D eigenvalue weighted by molar-refractivity contribution is -0.131. The fourth-order valence-corrected chi connectivity index (χ4v) is 2.88. The van der Waals surface area contributed by atoms with E-state index in [9.17, 15) is 9.59 Å². The van der Waals surface area contributed by atoms with Gasteiger partial charge in [0.2, 0.25) is 11.8 Å². The van der Waals surface area contributed by atoms with Gasteiger partial charge in [0, 0.05) is 12.0 Å². The molecule has 0 bridgehead atoms. The van der Waals surface area contributed by atoms with Crippen molar-refractivity contribution in [3.05, 3.63) is 35.9 Å². The van der Waals surface area contributed by atoms with Gasteiger partial charge in [-0.2, -0.15) is 0 Å². The molecule has 0 radical (unpaired) electrons. The quantitative estimate of drug-likeness (QED) is 0.839. The van der Waals surface area contributed by atoms with Crippen molar-refractivity contribution in [1.29, 1.82) is 0 Å². The lowest BCUT2D eigenvalue weighted by Gasteiger charge is -2.28. The third-order valence-corrected chi connectivity index (χ3v) is 4.35. The number of nitrogens with zero attached hydrogens (tertiary/aromatic N) is 1. The molecule has 0 aliphatic carbocycles. The average molecular weight is 331 g/mol. The molecular formula is C19H29N3O2. The van der Waals surface area contributed by atoms with Crippen LogP contribution < -0.4 is 10.6 Å². The van der Waals surface area contributed by atoms with Crippen LogP contribution in [0.15, 0.2) is 30.3 Å². The van der Waals surface area contributed by atoms with Crippen LogP contribution in [0.25, 0.3) is 0 Å². The highest BCUT2D eigenvalue weighted by atomic mass is 16.2. The molecule has 5 heteroatoms. The second-order valence-electron chi connectivity index (χ2n) is 7.41. The van der Waals surface area contributed by atoms with Gasteiger partial charge in [-0.25, -0.2) is 0 Å². The van der Waals surface area contributed by atoms with Crippen molar-refractivity contribution in [3.8, 4) is 0 Å². The molecule has 2 rings (SSSR count). The van der Waals surface area contributed by atoms with Crippen LogP contribution in [-0.4, -0.2) is 42.9 Å². The van der Waals surface area contributed by atoms with E-state index in [2.05, 4.69) is 27.7 Å². The Balaban J connectivity index is 1.88. The van der Waals surface area contributed by atoms with Crippen LogP contribution in [0.2, 0.25) is 0 Å². The van der Waals surface area contributed by atoms with E-state index < -0.39 is 5.41 Å². The first-order valence-corrected chi connectivity index (χ1v) is 8.72. The van der Waals surface area contributed by atoms with Crippen LogP contribution in [0.5, 0.6) is 0 Å². The minimum Gasteiger partial charge on any atom is -0.353 e. The minimum atomic E-state index is -0.484. The first-order valence-electron chi connectivity index (χ1n) is 8.72. The number of amides is 2.